The first kappa shape index (κ1) is 13.7. The number of aliphatic carboxylic acids is 1. The molecule has 1 aromatic heterocycles. The Balaban J connectivity index is 1.92. The lowest BCUT2D eigenvalue weighted by Gasteiger charge is -1.97. The van der Waals surface area contributed by atoms with Gasteiger partial charge in [0, 0.05) is 17.3 Å². The molecule has 0 fully saturated rings. The van der Waals surface area contributed by atoms with Crippen LogP contribution in [-0.4, -0.2) is 21.3 Å². The van der Waals surface area contributed by atoms with Gasteiger partial charge in [-0.25, -0.2) is 0 Å². The molecule has 1 heterocycles. The van der Waals surface area contributed by atoms with Gasteiger partial charge in [-0.05, 0) is 24.1 Å². The van der Waals surface area contributed by atoms with Crippen molar-refractivity contribution in [1.82, 2.24) is 10.2 Å². The first-order valence-electron chi connectivity index (χ1n) is 5.91. The Morgan fingerprint density at radius 2 is 2.11 bits per heavy atom. The fourth-order valence-corrected chi connectivity index (χ4v) is 2.12. The molecule has 0 atom stereocenters. The standard InChI is InChI=1S/C13H13BrN2O3/c14-10-4-1-3-9(7-10)8-12-16-15-11(19-12)5-2-6-13(17)18/h1,3-4,7H,2,5-6,8H2,(H,17,18). The first-order valence-corrected chi connectivity index (χ1v) is 6.70. The fraction of sp³-hybridized carbons (Fsp3) is 0.308. The van der Waals surface area contributed by atoms with Gasteiger partial charge in [0.1, 0.15) is 0 Å². The van der Waals surface area contributed by atoms with Crippen LogP contribution >= 0.6 is 15.9 Å². The highest BCUT2D eigenvalue weighted by atomic mass is 79.9. The number of halogens is 1. The third-order valence-corrected chi connectivity index (χ3v) is 3.03. The monoisotopic (exact) mass is 324 g/mol. The Kier molecular flexibility index (Phi) is 4.68. The van der Waals surface area contributed by atoms with Gasteiger partial charge in [0.2, 0.25) is 11.8 Å². The van der Waals surface area contributed by atoms with Crippen LogP contribution in [0, 0.1) is 0 Å². The lowest BCUT2D eigenvalue weighted by atomic mass is 10.1. The molecule has 1 aromatic carbocycles. The smallest absolute Gasteiger partial charge is 0.303 e. The molecule has 0 saturated carbocycles. The van der Waals surface area contributed by atoms with E-state index in [4.69, 9.17) is 9.52 Å². The molecule has 0 radical (unpaired) electrons. The molecule has 0 aliphatic rings. The van der Waals surface area contributed by atoms with Gasteiger partial charge >= 0.3 is 5.97 Å². The van der Waals surface area contributed by atoms with Crippen LogP contribution in [0.4, 0.5) is 0 Å². The van der Waals surface area contributed by atoms with Gasteiger partial charge in [0.15, 0.2) is 0 Å². The second-order valence-electron chi connectivity index (χ2n) is 4.14. The predicted molar refractivity (Wildman–Crippen MR) is 71.8 cm³/mol. The van der Waals surface area contributed by atoms with Crippen LogP contribution < -0.4 is 0 Å². The molecular formula is C13H13BrN2O3. The van der Waals surface area contributed by atoms with E-state index in [2.05, 4.69) is 26.1 Å². The van der Waals surface area contributed by atoms with Gasteiger partial charge in [-0.1, -0.05) is 28.1 Å². The average Bonchev–Trinajstić information content (AvgIpc) is 2.76. The third-order valence-electron chi connectivity index (χ3n) is 2.53. The van der Waals surface area contributed by atoms with E-state index in [1.165, 1.54) is 0 Å². The van der Waals surface area contributed by atoms with Crippen molar-refractivity contribution >= 4 is 21.9 Å². The van der Waals surface area contributed by atoms with Crippen LogP contribution in [0.5, 0.6) is 0 Å². The largest absolute Gasteiger partial charge is 0.481 e. The zero-order valence-corrected chi connectivity index (χ0v) is 11.8. The summed E-state index contributed by atoms with van der Waals surface area (Å²) in [5, 5.41) is 16.4. The summed E-state index contributed by atoms with van der Waals surface area (Å²) in [4.78, 5) is 10.4. The topological polar surface area (TPSA) is 76.2 Å². The van der Waals surface area contributed by atoms with E-state index < -0.39 is 5.97 Å². The number of rotatable bonds is 6. The van der Waals surface area contributed by atoms with Crippen LogP contribution in [-0.2, 0) is 17.6 Å². The third kappa shape index (κ3) is 4.48. The summed E-state index contributed by atoms with van der Waals surface area (Å²) in [7, 11) is 0. The number of nitrogens with zero attached hydrogens (tertiary/aromatic N) is 2. The van der Waals surface area contributed by atoms with Gasteiger partial charge in [-0.3, -0.25) is 4.79 Å². The quantitative estimate of drug-likeness (QED) is 0.884. The summed E-state index contributed by atoms with van der Waals surface area (Å²) >= 11 is 3.41. The predicted octanol–water partition coefficient (Wildman–Crippen LogP) is 2.83. The van der Waals surface area contributed by atoms with Crippen molar-refractivity contribution in [1.29, 1.82) is 0 Å². The van der Waals surface area contributed by atoms with E-state index in [-0.39, 0.29) is 6.42 Å². The Morgan fingerprint density at radius 3 is 2.84 bits per heavy atom. The van der Waals surface area contributed by atoms with E-state index >= 15 is 0 Å². The summed E-state index contributed by atoms with van der Waals surface area (Å²) < 4.78 is 6.48. The summed E-state index contributed by atoms with van der Waals surface area (Å²) in [6, 6.07) is 7.88. The number of aromatic nitrogens is 2. The molecule has 0 aliphatic carbocycles. The SMILES string of the molecule is O=C(O)CCCc1nnc(Cc2cccc(Br)c2)o1. The maximum Gasteiger partial charge on any atom is 0.303 e. The summed E-state index contributed by atoms with van der Waals surface area (Å²) in [6.45, 7) is 0. The average molecular weight is 325 g/mol. The normalized spacial score (nSPS) is 10.6. The highest BCUT2D eigenvalue weighted by molar-refractivity contribution is 9.10. The zero-order valence-electron chi connectivity index (χ0n) is 10.2. The van der Waals surface area contributed by atoms with E-state index in [0.29, 0.717) is 31.0 Å². The molecule has 0 unspecified atom stereocenters. The van der Waals surface area contributed by atoms with Crippen molar-refractivity contribution in [2.75, 3.05) is 0 Å². The van der Waals surface area contributed by atoms with Crippen LogP contribution in [0.1, 0.15) is 30.2 Å². The highest BCUT2D eigenvalue weighted by Crippen LogP contribution is 2.15. The van der Waals surface area contributed by atoms with Crippen molar-refractivity contribution in [3.63, 3.8) is 0 Å². The maximum absolute atomic E-state index is 10.4. The number of carboxylic acids is 1. The van der Waals surface area contributed by atoms with E-state index in [1.807, 2.05) is 24.3 Å². The minimum atomic E-state index is -0.811. The molecule has 0 amide bonds. The molecule has 6 heteroatoms. The van der Waals surface area contributed by atoms with Crippen LogP contribution in [0.2, 0.25) is 0 Å². The van der Waals surface area contributed by atoms with Crippen molar-refractivity contribution in [3.8, 4) is 0 Å². The van der Waals surface area contributed by atoms with Gasteiger partial charge in [0.05, 0.1) is 6.42 Å². The molecular weight excluding hydrogens is 312 g/mol. The van der Waals surface area contributed by atoms with Crippen LogP contribution in [0.3, 0.4) is 0 Å². The second kappa shape index (κ2) is 6.47. The van der Waals surface area contributed by atoms with E-state index in [0.717, 1.165) is 10.0 Å². The van der Waals surface area contributed by atoms with Gasteiger partial charge < -0.3 is 9.52 Å². The molecule has 0 saturated heterocycles. The first-order chi connectivity index (χ1) is 9.13. The number of benzene rings is 1. The summed E-state index contributed by atoms with van der Waals surface area (Å²) in [5.74, 6) is 0.226. The Hall–Kier alpha value is -1.69. The Labute approximate surface area is 118 Å². The van der Waals surface area contributed by atoms with Crippen molar-refractivity contribution < 1.29 is 14.3 Å². The lowest BCUT2D eigenvalue weighted by molar-refractivity contribution is -0.137. The lowest BCUT2D eigenvalue weighted by Crippen LogP contribution is -1.95. The molecule has 2 aromatic rings. The highest BCUT2D eigenvalue weighted by Gasteiger charge is 2.08. The number of hydrogen-bond acceptors (Lipinski definition) is 4. The molecule has 0 spiro atoms. The molecule has 1 N–H and O–H groups in total. The van der Waals surface area contributed by atoms with E-state index in [9.17, 15) is 4.79 Å². The number of aryl methyl sites for hydroxylation is 1. The number of hydrogen-bond donors (Lipinski definition) is 1. The maximum atomic E-state index is 10.4. The van der Waals surface area contributed by atoms with E-state index in [1.54, 1.807) is 0 Å². The Morgan fingerprint density at radius 1 is 1.32 bits per heavy atom. The zero-order chi connectivity index (χ0) is 13.7. The molecule has 0 bridgehead atoms. The van der Waals surface area contributed by atoms with Crippen LogP contribution in [0.25, 0.3) is 0 Å². The molecule has 19 heavy (non-hydrogen) atoms. The van der Waals surface area contributed by atoms with Gasteiger partial charge in [-0.2, -0.15) is 0 Å². The van der Waals surface area contributed by atoms with Crippen LogP contribution in [0.15, 0.2) is 33.2 Å². The number of carboxylic acid groups (broad SMARTS) is 1. The van der Waals surface area contributed by atoms with Crippen molar-refractivity contribution in [2.45, 2.75) is 25.7 Å². The minimum Gasteiger partial charge on any atom is -0.481 e. The minimum absolute atomic E-state index is 0.114. The fourth-order valence-electron chi connectivity index (χ4n) is 1.67. The molecule has 100 valence electrons. The van der Waals surface area contributed by atoms with Crippen molar-refractivity contribution in [2.24, 2.45) is 0 Å². The van der Waals surface area contributed by atoms with Gasteiger partial charge in [0.25, 0.3) is 0 Å². The summed E-state index contributed by atoms with van der Waals surface area (Å²) in [6.07, 6.45) is 1.69. The molecule has 5 nitrogen and oxygen atoms in total. The summed E-state index contributed by atoms with van der Waals surface area (Å²) in [5.41, 5.74) is 1.08. The second-order valence-corrected chi connectivity index (χ2v) is 5.06. The van der Waals surface area contributed by atoms with Gasteiger partial charge in [-0.15, -0.1) is 10.2 Å². The molecule has 2 rings (SSSR count). The van der Waals surface area contributed by atoms with Crippen molar-refractivity contribution in [3.05, 3.63) is 46.1 Å². The molecule has 0 aliphatic heterocycles. The number of carbonyl (C=O) groups is 1. The Bertz CT molecular complexity index is 569.